The minimum Gasteiger partial charge on any atom is -0.263 e. The van der Waals surface area contributed by atoms with Crippen LogP contribution in [0.25, 0.3) is 0 Å². The van der Waals surface area contributed by atoms with Gasteiger partial charge in [0.05, 0.1) is 0 Å². The van der Waals surface area contributed by atoms with Gasteiger partial charge in [0.15, 0.2) is 6.19 Å². The lowest BCUT2D eigenvalue weighted by molar-refractivity contribution is 0.937. The zero-order valence-corrected chi connectivity index (χ0v) is 8.07. The first kappa shape index (κ1) is 9.46. The van der Waals surface area contributed by atoms with E-state index in [0.29, 0.717) is 18.2 Å². The van der Waals surface area contributed by atoms with Crippen LogP contribution in [0.1, 0.15) is 18.4 Å². The molecule has 0 saturated heterocycles. The molecule has 13 heavy (non-hydrogen) atoms. The van der Waals surface area contributed by atoms with Gasteiger partial charge in [-0.2, -0.15) is 5.26 Å². The van der Waals surface area contributed by atoms with Crippen LogP contribution >= 0.6 is 0 Å². The van der Waals surface area contributed by atoms with Crippen LogP contribution in [0.15, 0.2) is 6.07 Å². The molecule has 1 aromatic heterocycles. The van der Waals surface area contributed by atoms with Crippen molar-refractivity contribution in [2.45, 2.75) is 20.8 Å². The summed E-state index contributed by atoms with van der Waals surface area (Å²) < 4.78 is 0. The van der Waals surface area contributed by atoms with Gasteiger partial charge in [-0.25, -0.2) is 9.97 Å². The predicted octanol–water partition coefficient (Wildman–Crippen LogP) is 1.40. The quantitative estimate of drug-likeness (QED) is 0.505. The molecule has 0 N–H and O–H groups in total. The SMILES string of the molecule is CCN(C#N)c1cc(C)nc(C)n1. The van der Waals surface area contributed by atoms with Crippen LogP contribution in [-0.2, 0) is 0 Å². The molecule has 68 valence electrons. The number of aromatic nitrogens is 2. The molecule has 0 spiro atoms. The average Bonchev–Trinajstić information content (AvgIpc) is 2.04. The summed E-state index contributed by atoms with van der Waals surface area (Å²) in [5.74, 6) is 1.37. The normalized spacial score (nSPS) is 9.38. The Hall–Kier alpha value is -1.63. The summed E-state index contributed by atoms with van der Waals surface area (Å²) in [7, 11) is 0. The van der Waals surface area contributed by atoms with Crippen molar-refractivity contribution >= 4 is 5.82 Å². The second-order valence-corrected chi connectivity index (χ2v) is 2.76. The number of hydrogen-bond donors (Lipinski definition) is 0. The lowest BCUT2D eigenvalue weighted by Crippen LogP contribution is -2.17. The fourth-order valence-corrected chi connectivity index (χ4v) is 1.12. The third-order valence-corrected chi connectivity index (χ3v) is 1.67. The number of aryl methyl sites for hydroxylation is 2. The molecule has 0 aliphatic carbocycles. The van der Waals surface area contributed by atoms with E-state index in [0.717, 1.165) is 5.69 Å². The Morgan fingerprint density at radius 3 is 2.62 bits per heavy atom. The summed E-state index contributed by atoms with van der Waals surface area (Å²) in [6.45, 7) is 6.26. The van der Waals surface area contributed by atoms with Crippen LogP contribution in [0.3, 0.4) is 0 Å². The molecule has 0 aliphatic rings. The molecule has 1 heterocycles. The highest BCUT2D eigenvalue weighted by Gasteiger charge is 2.05. The zero-order chi connectivity index (χ0) is 9.84. The number of nitriles is 1. The minimum atomic E-state index is 0.631. The van der Waals surface area contributed by atoms with Gasteiger partial charge in [0.1, 0.15) is 11.6 Å². The highest BCUT2D eigenvalue weighted by molar-refractivity contribution is 5.43. The number of nitrogens with zero attached hydrogens (tertiary/aromatic N) is 4. The molecule has 0 radical (unpaired) electrons. The second-order valence-electron chi connectivity index (χ2n) is 2.76. The highest BCUT2D eigenvalue weighted by Crippen LogP contribution is 2.10. The summed E-state index contributed by atoms with van der Waals surface area (Å²) in [5, 5.41) is 8.78. The van der Waals surface area contributed by atoms with Gasteiger partial charge in [0, 0.05) is 18.3 Å². The van der Waals surface area contributed by atoms with E-state index in [9.17, 15) is 0 Å². The van der Waals surface area contributed by atoms with Gasteiger partial charge in [-0.15, -0.1) is 0 Å². The molecule has 4 nitrogen and oxygen atoms in total. The third-order valence-electron chi connectivity index (χ3n) is 1.67. The van der Waals surface area contributed by atoms with Gasteiger partial charge in [0.25, 0.3) is 0 Å². The lowest BCUT2D eigenvalue weighted by atomic mass is 10.4. The van der Waals surface area contributed by atoms with Crippen molar-refractivity contribution in [3.8, 4) is 6.19 Å². The topological polar surface area (TPSA) is 52.8 Å². The Morgan fingerprint density at radius 2 is 2.15 bits per heavy atom. The Bertz CT molecular complexity index is 320. The van der Waals surface area contributed by atoms with E-state index in [-0.39, 0.29) is 0 Å². The molecule has 1 rings (SSSR count). The first-order chi connectivity index (χ1) is 6.17. The Morgan fingerprint density at radius 1 is 1.46 bits per heavy atom. The molecular weight excluding hydrogens is 164 g/mol. The van der Waals surface area contributed by atoms with Gasteiger partial charge in [0.2, 0.25) is 0 Å². The average molecular weight is 176 g/mol. The van der Waals surface area contributed by atoms with Crippen molar-refractivity contribution in [1.82, 2.24) is 9.97 Å². The first-order valence-electron chi connectivity index (χ1n) is 4.17. The van der Waals surface area contributed by atoms with Crippen LogP contribution in [-0.4, -0.2) is 16.5 Å². The molecule has 4 heteroatoms. The van der Waals surface area contributed by atoms with Crippen molar-refractivity contribution in [2.75, 3.05) is 11.4 Å². The predicted molar refractivity (Wildman–Crippen MR) is 50.1 cm³/mol. The molecule has 1 aromatic rings. The minimum absolute atomic E-state index is 0.631. The molecule has 0 bridgehead atoms. The zero-order valence-electron chi connectivity index (χ0n) is 8.07. The van der Waals surface area contributed by atoms with Crippen molar-refractivity contribution in [3.63, 3.8) is 0 Å². The van der Waals surface area contributed by atoms with Gasteiger partial charge < -0.3 is 0 Å². The molecule has 0 atom stereocenters. The van der Waals surface area contributed by atoms with Crippen LogP contribution in [0.2, 0.25) is 0 Å². The molecule has 0 aliphatic heterocycles. The maximum absolute atomic E-state index is 8.78. The number of rotatable bonds is 2. The van der Waals surface area contributed by atoms with Crippen LogP contribution in [0, 0.1) is 25.3 Å². The van der Waals surface area contributed by atoms with Crippen LogP contribution in [0.5, 0.6) is 0 Å². The van der Waals surface area contributed by atoms with E-state index in [1.165, 1.54) is 4.90 Å². The van der Waals surface area contributed by atoms with E-state index in [1.807, 2.05) is 20.8 Å². The Kier molecular flexibility index (Phi) is 2.80. The Balaban J connectivity index is 3.08. The monoisotopic (exact) mass is 176 g/mol. The lowest BCUT2D eigenvalue weighted by Gasteiger charge is -2.12. The van der Waals surface area contributed by atoms with Gasteiger partial charge in [-0.3, -0.25) is 4.90 Å². The maximum Gasteiger partial charge on any atom is 0.185 e. The van der Waals surface area contributed by atoms with Gasteiger partial charge in [-0.05, 0) is 20.8 Å². The van der Waals surface area contributed by atoms with E-state index < -0.39 is 0 Å². The highest BCUT2D eigenvalue weighted by atomic mass is 15.2. The Labute approximate surface area is 77.8 Å². The largest absolute Gasteiger partial charge is 0.263 e. The van der Waals surface area contributed by atoms with Crippen molar-refractivity contribution in [1.29, 1.82) is 5.26 Å². The fraction of sp³-hybridized carbons (Fsp3) is 0.444. The van der Waals surface area contributed by atoms with Crippen molar-refractivity contribution in [2.24, 2.45) is 0 Å². The van der Waals surface area contributed by atoms with Gasteiger partial charge >= 0.3 is 0 Å². The molecule has 0 saturated carbocycles. The summed E-state index contributed by atoms with van der Waals surface area (Å²) in [5.41, 5.74) is 0.885. The first-order valence-corrected chi connectivity index (χ1v) is 4.17. The number of anilines is 1. The van der Waals surface area contributed by atoms with Crippen molar-refractivity contribution < 1.29 is 0 Å². The summed E-state index contributed by atoms with van der Waals surface area (Å²) in [6.07, 6.45) is 2.07. The maximum atomic E-state index is 8.78. The smallest absolute Gasteiger partial charge is 0.185 e. The van der Waals surface area contributed by atoms with E-state index in [4.69, 9.17) is 5.26 Å². The van der Waals surface area contributed by atoms with Crippen LogP contribution in [0.4, 0.5) is 5.82 Å². The van der Waals surface area contributed by atoms with E-state index in [1.54, 1.807) is 6.07 Å². The van der Waals surface area contributed by atoms with Crippen molar-refractivity contribution in [3.05, 3.63) is 17.6 Å². The summed E-state index contributed by atoms with van der Waals surface area (Å²) >= 11 is 0. The standard InChI is InChI=1S/C9H12N4/c1-4-13(6-10)9-5-7(2)11-8(3)12-9/h5H,4H2,1-3H3. The molecular formula is C9H12N4. The second kappa shape index (κ2) is 3.85. The molecule has 0 fully saturated rings. The molecule has 0 aromatic carbocycles. The van der Waals surface area contributed by atoms with Gasteiger partial charge in [-0.1, -0.05) is 0 Å². The van der Waals surface area contributed by atoms with E-state index in [2.05, 4.69) is 16.2 Å². The van der Waals surface area contributed by atoms with E-state index >= 15 is 0 Å². The number of hydrogen-bond acceptors (Lipinski definition) is 4. The van der Waals surface area contributed by atoms with Crippen LogP contribution < -0.4 is 4.90 Å². The fourth-order valence-electron chi connectivity index (χ4n) is 1.12. The molecule has 0 amide bonds. The third kappa shape index (κ3) is 2.15. The molecule has 0 unspecified atom stereocenters. The summed E-state index contributed by atoms with van der Waals surface area (Å²) in [4.78, 5) is 9.84. The summed E-state index contributed by atoms with van der Waals surface area (Å²) in [6, 6.07) is 1.81.